The third-order valence-electron chi connectivity index (χ3n) is 4.37. The first-order valence-electron chi connectivity index (χ1n) is 9.02. The number of aryl methyl sites for hydroxylation is 1. The fraction of sp³-hybridized carbons (Fsp3) is 0.238. The van der Waals surface area contributed by atoms with E-state index in [-0.39, 0.29) is 23.9 Å². The van der Waals surface area contributed by atoms with Gasteiger partial charge in [0.05, 0.1) is 23.8 Å². The molecule has 0 saturated carbocycles. The first-order valence-corrected chi connectivity index (χ1v) is 10.0. The number of carbonyl (C=O) groups excluding carboxylic acids is 1. The molecular weight excluding hydrogens is 389 g/mol. The maximum Gasteiger partial charge on any atom is 0.237 e. The van der Waals surface area contributed by atoms with Crippen molar-refractivity contribution >= 4 is 23.4 Å². The second-order valence-corrected chi connectivity index (χ2v) is 7.37. The van der Waals surface area contributed by atoms with E-state index in [0.29, 0.717) is 23.1 Å². The van der Waals surface area contributed by atoms with Crippen LogP contribution in [0, 0.1) is 24.1 Å². The first-order chi connectivity index (χ1) is 14.0. The van der Waals surface area contributed by atoms with E-state index >= 15 is 0 Å². The maximum absolute atomic E-state index is 14.0. The summed E-state index contributed by atoms with van der Waals surface area (Å²) < 4.78 is 15.7. The Balaban J connectivity index is 1.74. The van der Waals surface area contributed by atoms with Crippen LogP contribution < -0.4 is 4.90 Å². The quantitative estimate of drug-likeness (QED) is 0.552. The van der Waals surface area contributed by atoms with Crippen LogP contribution in [0.1, 0.15) is 12.0 Å². The Morgan fingerprint density at radius 2 is 1.93 bits per heavy atom. The molecular formula is C21H20FN5OS. The lowest BCUT2D eigenvalue weighted by atomic mass is 10.2. The van der Waals surface area contributed by atoms with E-state index < -0.39 is 0 Å². The molecule has 0 atom stereocenters. The number of carbonyl (C=O) groups is 1. The van der Waals surface area contributed by atoms with Crippen LogP contribution in [0.4, 0.5) is 10.1 Å². The van der Waals surface area contributed by atoms with Crippen molar-refractivity contribution in [3.05, 3.63) is 59.9 Å². The monoisotopic (exact) mass is 409 g/mol. The summed E-state index contributed by atoms with van der Waals surface area (Å²) >= 11 is 1.23. The topological polar surface area (TPSA) is 74.8 Å². The summed E-state index contributed by atoms with van der Waals surface area (Å²) in [5, 5.41) is 17.6. The number of aromatic nitrogens is 3. The van der Waals surface area contributed by atoms with Crippen LogP contribution in [0.3, 0.4) is 0 Å². The molecule has 6 nitrogen and oxygen atoms in total. The lowest BCUT2D eigenvalue weighted by molar-refractivity contribution is -0.116. The third-order valence-corrected chi connectivity index (χ3v) is 5.37. The Kier molecular flexibility index (Phi) is 6.62. The number of anilines is 1. The lowest BCUT2D eigenvalue weighted by Crippen LogP contribution is -2.33. The van der Waals surface area contributed by atoms with Crippen molar-refractivity contribution in [1.29, 1.82) is 5.26 Å². The molecule has 2 aromatic carbocycles. The number of thioether (sulfide) groups is 1. The van der Waals surface area contributed by atoms with Gasteiger partial charge in [-0.15, -0.1) is 10.2 Å². The summed E-state index contributed by atoms with van der Waals surface area (Å²) in [6.07, 6.45) is 0.242. The van der Waals surface area contributed by atoms with E-state index in [0.717, 1.165) is 11.3 Å². The summed E-state index contributed by atoms with van der Waals surface area (Å²) in [5.41, 5.74) is 2.20. The zero-order chi connectivity index (χ0) is 20.8. The fourth-order valence-corrected chi connectivity index (χ4v) is 3.59. The van der Waals surface area contributed by atoms with Gasteiger partial charge in [0.15, 0.2) is 11.0 Å². The summed E-state index contributed by atoms with van der Waals surface area (Å²) in [7, 11) is 1.74. The smallest absolute Gasteiger partial charge is 0.237 e. The summed E-state index contributed by atoms with van der Waals surface area (Å²) in [5.74, 6) is 0.0165. The van der Waals surface area contributed by atoms with Crippen LogP contribution in [-0.4, -0.2) is 33.0 Å². The Morgan fingerprint density at radius 1 is 1.21 bits per heavy atom. The number of hydrogen-bond acceptors (Lipinski definition) is 5. The third kappa shape index (κ3) is 4.81. The highest BCUT2D eigenvalue weighted by atomic mass is 32.2. The molecule has 0 aliphatic carbocycles. The molecule has 1 amide bonds. The SMILES string of the molecule is Cc1ccc(N(CCC#N)C(=O)CSc2nnc(-c3ccccc3F)n2C)cc1. The van der Waals surface area contributed by atoms with E-state index in [2.05, 4.69) is 16.3 Å². The van der Waals surface area contributed by atoms with Gasteiger partial charge in [-0.2, -0.15) is 5.26 Å². The largest absolute Gasteiger partial charge is 0.311 e. The van der Waals surface area contributed by atoms with Gasteiger partial charge in [0.25, 0.3) is 0 Å². The van der Waals surface area contributed by atoms with E-state index in [1.165, 1.54) is 17.8 Å². The van der Waals surface area contributed by atoms with Crippen LogP contribution in [0.2, 0.25) is 0 Å². The van der Waals surface area contributed by atoms with Crippen LogP contribution in [0.5, 0.6) is 0 Å². The van der Waals surface area contributed by atoms with Crippen LogP contribution in [-0.2, 0) is 11.8 Å². The molecule has 1 heterocycles. The zero-order valence-corrected chi connectivity index (χ0v) is 17.0. The predicted octanol–water partition coefficient (Wildman–Crippen LogP) is 3.97. The number of halogens is 1. The van der Waals surface area contributed by atoms with Gasteiger partial charge in [-0.25, -0.2) is 4.39 Å². The van der Waals surface area contributed by atoms with Crippen LogP contribution >= 0.6 is 11.8 Å². The maximum atomic E-state index is 14.0. The average molecular weight is 409 g/mol. The van der Waals surface area contributed by atoms with Crippen LogP contribution in [0.15, 0.2) is 53.7 Å². The molecule has 0 unspecified atom stereocenters. The van der Waals surface area contributed by atoms with Crippen molar-refractivity contribution in [3.63, 3.8) is 0 Å². The van der Waals surface area contributed by atoms with E-state index in [1.54, 1.807) is 34.7 Å². The van der Waals surface area contributed by atoms with Crippen molar-refractivity contribution in [2.75, 3.05) is 17.2 Å². The molecule has 0 bridgehead atoms. The standard InChI is InChI=1S/C21H20FN5OS/c1-15-8-10-16(11-9-15)27(13-5-12-23)19(28)14-29-21-25-24-20(26(21)2)17-6-3-4-7-18(17)22/h3-4,6-11H,5,13-14H2,1-2H3. The molecule has 8 heteroatoms. The highest BCUT2D eigenvalue weighted by Gasteiger charge is 2.19. The number of nitrogens with zero attached hydrogens (tertiary/aromatic N) is 5. The second-order valence-electron chi connectivity index (χ2n) is 6.42. The normalized spacial score (nSPS) is 10.6. The molecule has 0 spiro atoms. The Bertz CT molecular complexity index is 1040. The van der Waals surface area contributed by atoms with Gasteiger partial charge in [-0.3, -0.25) is 4.79 Å². The van der Waals surface area contributed by atoms with Crippen molar-refractivity contribution in [3.8, 4) is 17.5 Å². The summed E-state index contributed by atoms with van der Waals surface area (Å²) in [6.45, 7) is 2.29. The molecule has 3 aromatic rings. The predicted molar refractivity (Wildman–Crippen MR) is 111 cm³/mol. The van der Waals surface area contributed by atoms with Crippen molar-refractivity contribution < 1.29 is 9.18 Å². The first kappa shape index (κ1) is 20.6. The minimum atomic E-state index is -0.377. The fourth-order valence-electron chi connectivity index (χ4n) is 2.81. The molecule has 3 rings (SSSR count). The number of rotatable bonds is 7. The number of nitriles is 1. The van der Waals surface area contributed by atoms with Gasteiger partial charge >= 0.3 is 0 Å². The van der Waals surface area contributed by atoms with Crippen molar-refractivity contribution in [2.45, 2.75) is 18.5 Å². The molecule has 148 valence electrons. The molecule has 0 aliphatic heterocycles. The molecule has 0 fully saturated rings. The van der Waals surface area contributed by atoms with E-state index in [1.807, 2.05) is 31.2 Å². The number of amides is 1. The van der Waals surface area contributed by atoms with Crippen LogP contribution in [0.25, 0.3) is 11.4 Å². The summed E-state index contributed by atoms with van der Waals surface area (Å²) in [4.78, 5) is 14.4. The highest BCUT2D eigenvalue weighted by molar-refractivity contribution is 7.99. The Morgan fingerprint density at radius 3 is 2.62 bits per heavy atom. The summed E-state index contributed by atoms with van der Waals surface area (Å²) in [6, 6.07) is 16.0. The minimum Gasteiger partial charge on any atom is -0.311 e. The van der Waals surface area contributed by atoms with Gasteiger partial charge in [-0.1, -0.05) is 41.6 Å². The van der Waals surface area contributed by atoms with Gasteiger partial charge in [0.2, 0.25) is 5.91 Å². The molecule has 0 radical (unpaired) electrons. The van der Waals surface area contributed by atoms with E-state index in [9.17, 15) is 9.18 Å². The zero-order valence-electron chi connectivity index (χ0n) is 16.2. The lowest BCUT2D eigenvalue weighted by Gasteiger charge is -2.21. The molecule has 29 heavy (non-hydrogen) atoms. The average Bonchev–Trinajstić information content (AvgIpc) is 3.08. The molecule has 0 N–H and O–H groups in total. The van der Waals surface area contributed by atoms with E-state index in [4.69, 9.17) is 5.26 Å². The number of hydrogen-bond donors (Lipinski definition) is 0. The molecule has 1 aromatic heterocycles. The highest BCUT2D eigenvalue weighted by Crippen LogP contribution is 2.25. The van der Waals surface area contributed by atoms with Gasteiger partial charge < -0.3 is 9.47 Å². The Hall–Kier alpha value is -3.18. The van der Waals surface area contributed by atoms with Crippen molar-refractivity contribution in [2.24, 2.45) is 7.05 Å². The minimum absolute atomic E-state index is 0.128. The molecule has 0 saturated heterocycles. The number of benzene rings is 2. The van der Waals surface area contributed by atoms with Gasteiger partial charge in [0.1, 0.15) is 5.82 Å². The van der Waals surface area contributed by atoms with Gasteiger partial charge in [0, 0.05) is 19.3 Å². The van der Waals surface area contributed by atoms with Gasteiger partial charge in [-0.05, 0) is 31.2 Å². The molecule has 0 aliphatic rings. The second kappa shape index (κ2) is 9.34. The Labute approximate surface area is 173 Å². The van der Waals surface area contributed by atoms with Crippen molar-refractivity contribution in [1.82, 2.24) is 14.8 Å².